The van der Waals surface area contributed by atoms with Gasteiger partial charge in [-0.15, -0.1) is 0 Å². The number of amides is 2. The zero-order valence-corrected chi connectivity index (χ0v) is 17.9. The second-order valence-electron chi connectivity index (χ2n) is 7.69. The molecule has 0 fully saturated rings. The number of carbonyl (C=O) groups excluding carboxylic acids is 2. The van der Waals surface area contributed by atoms with Gasteiger partial charge in [-0.3, -0.25) is 9.59 Å². The third-order valence-corrected chi connectivity index (χ3v) is 4.70. The van der Waals surface area contributed by atoms with E-state index in [1.165, 1.54) is 11.0 Å². The van der Waals surface area contributed by atoms with Crippen molar-refractivity contribution in [1.29, 1.82) is 0 Å². The standard InChI is InChI=1S/C24H31FN2O3/c1-18(2)16-26-24(29)19(3)27(17-20-10-7-8-13-22(20)25)23(28)14-9-15-30-21-11-5-4-6-12-21/h4-8,10-13,18-19H,9,14-17H2,1-3H3,(H,26,29). The Kier molecular flexibility index (Phi) is 9.32. The maximum atomic E-state index is 14.2. The van der Waals surface area contributed by atoms with Crippen LogP contribution in [0.25, 0.3) is 0 Å². The molecule has 1 atom stereocenters. The van der Waals surface area contributed by atoms with Crippen molar-refractivity contribution in [1.82, 2.24) is 10.2 Å². The van der Waals surface area contributed by atoms with Gasteiger partial charge >= 0.3 is 0 Å². The first-order valence-electron chi connectivity index (χ1n) is 10.4. The van der Waals surface area contributed by atoms with Gasteiger partial charge in [-0.25, -0.2) is 4.39 Å². The molecule has 0 aliphatic heterocycles. The molecule has 5 nitrogen and oxygen atoms in total. The summed E-state index contributed by atoms with van der Waals surface area (Å²) in [6, 6.07) is 15.0. The summed E-state index contributed by atoms with van der Waals surface area (Å²) in [4.78, 5) is 26.9. The highest BCUT2D eigenvalue weighted by Gasteiger charge is 2.26. The molecule has 0 aromatic heterocycles. The highest BCUT2D eigenvalue weighted by Crippen LogP contribution is 2.15. The maximum absolute atomic E-state index is 14.2. The largest absolute Gasteiger partial charge is 0.494 e. The average Bonchev–Trinajstić information content (AvgIpc) is 2.74. The lowest BCUT2D eigenvalue weighted by atomic mass is 10.1. The molecule has 1 unspecified atom stereocenters. The first kappa shape index (κ1) is 23.4. The zero-order valence-electron chi connectivity index (χ0n) is 17.9. The molecule has 0 spiro atoms. The number of nitrogens with zero attached hydrogens (tertiary/aromatic N) is 1. The van der Waals surface area contributed by atoms with E-state index in [2.05, 4.69) is 5.32 Å². The molecule has 0 saturated heterocycles. The highest BCUT2D eigenvalue weighted by atomic mass is 19.1. The third-order valence-electron chi connectivity index (χ3n) is 4.70. The fraction of sp³-hybridized carbons (Fsp3) is 0.417. The van der Waals surface area contributed by atoms with Crippen LogP contribution in [0.4, 0.5) is 4.39 Å². The SMILES string of the molecule is CC(C)CNC(=O)C(C)N(Cc1ccccc1F)C(=O)CCCOc1ccccc1. The van der Waals surface area contributed by atoms with E-state index in [1.54, 1.807) is 25.1 Å². The molecule has 2 aromatic carbocycles. The van der Waals surface area contributed by atoms with Crippen LogP contribution in [0.3, 0.4) is 0 Å². The Morgan fingerprint density at radius 1 is 1.03 bits per heavy atom. The van der Waals surface area contributed by atoms with Crippen LogP contribution >= 0.6 is 0 Å². The van der Waals surface area contributed by atoms with Crippen LogP contribution in [0.15, 0.2) is 54.6 Å². The van der Waals surface area contributed by atoms with Crippen LogP contribution < -0.4 is 10.1 Å². The van der Waals surface area contributed by atoms with Crippen molar-refractivity contribution in [3.8, 4) is 5.75 Å². The van der Waals surface area contributed by atoms with E-state index < -0.39 is 11.9 Å². The number of hydrogen-bond acceptors (Lipinski definition) is 3. The van der Waals surface area contributed by atoms with Gasteiger partial charge in [-0.2, -0.15) is 0 Å². The maximum Gasteiger partial charge on any atom is 0.242 e. The van der Waals surface area contributed by atoms with Crippen LogP contribution in [0.1, 0.15) is 39.2 Å². The molecule has 30 heavy (non-hydrogen) atoms. The molecule has 2 amide bonds. The van der Waals surface area contributed by atoms with Crippen molar-refractivity contribution in [3.63, 3.8) is 0 Å². The van der Waals surface area contributed by atoms with E-state index >= 15 is 0 Å². The first-order chi connectivity index (χ1) is 14.4. The topological polar surface area (TPSA) is 58.6 Å². The van der Waals surface area contributed by atoms with Gasteiger partial charge in [0.05, 0.1) is 6.61 Å². The molecule has 2 aromatic rings. The molecule has 0 heterocycles. The van der Waals surface area contributed by atoms with Crippen LogP contribution in [0.5, 0.6) is 5.75 Å². The summed E-state index contributed by atoms with van der Waals surface area (Å²) in [5.74, 6) is 0.204. The van der Waals surface area contributed by atoms with Gasteiger partial charge in [-0.05, 0) is 37.5 Å². The average molecular weight is 415 g/mol. The van der Waals surface area contributed by atoms with Crippen LogP contribution in [0.2, 0.25) is 0 Å². The van der Waals surface area contributed by atoms with Gasteiger partial charge in [0.2, 0.25) is 11.8 Å². The Morgan fingerprint density at radius 2 is 1.70 bits per heavy atom. The number of ether oxygens (including phenoxy) is 1. The Labute approximate surface area is 178 Å². The van der Waals surface area contributed by atoms with Gasteiger partial charge < -0.3 is 15.0 Å². The van der Waals surface area contributed by atoms with E-state index in [4.69, 9.17) is 4.74 Å². The predicted octanol–water partition coefficient (Wildman–Crippen LogP) is 4.17. The summed E-state index contributed by atoms with van der Waals surface area (Å²) >= 11 is 0. The number of halogens is 1. The minimum Gasteiger partial charge on any atom is -0.494 e. The quantitative estimate of drug-likeness (QED) is 0.562. The van der Waals surface area contributed by atoms with Gasteiger partial charge in [0.1, 0.15) is 17.6 Å². The van der Waals surface area contributed by atoms with Gasteiger partial charge in [0, 0.05) is 25.1 Å². The molecule has 0 saturated carbocycles. The fourth-order valence-corrected chi connectivity index (χ4v) is 2.92. The predicted molar refractivity (Wildman–Crippen MR) is 115 cm³/mol. The molecule has 0 aliphatic carbocycles. The van der Waals surface area contributed by atoms with E-state index in [1.807, 2.05) is 44.2 Å². The van der Waals surface area contributed by atoms with Crippen LogP contribution in [-0.4, -0.2) is 35.9 Å². The Hall–Kier alpha value is -2.89. The van der Waals surface area contributed by atoms with Crippen molar-refractivity contribution in [2.75, 3.05) is 13.2 Å². The van der Waals surface area contributed by atoms with Crippen molar-refractivity contribution >= 4 is 11.8 Å². The molecular weight excluding hydrogens is 383 g/mol. The summed E-state index contributed by atoms with van der Waals surface area (Å²) in [7, 11) is 0. The van der Waals surface area contributed by atoms with Crippen LogP contribution in [0, 0.1) is 11.7 Å². The van der Waals surface area contributed by atoms with E-state index in [0.29, 0.717) is 31.1 Å². The molecule has 0 bridgehead atoms. The summed E-state index contributed by atoms with van der Waals surface area (Å²) < 4.78 is 19.8. The Balaban J connectivity index is 2.00. The summed E-state index contributed by atoms with van der Waals surface area (Å²) in [6.45, 7) is 6.63. The number of rotatable bonds is 11. The normalized spacial score (nSPS) is 11.8. The van der Waals surface area contributed by atoms with Gasteiger partial charge in [0.25, 0.3) is 0 Å². The second kappa shape index (κ2) is 12.0. The number of nitrogens with one attached hydrogen (secondary N) is 1. The Morgan fingerprint density at radius 3 is 2.37 bits per heavy atom. The summed E-state index contributed by atoms with van der Waals surface area (Å²) in [6.07, 6.45) is 0.713. The smallest absolute Gasteiger partial charge is 0.242 e. The van der Waals surface area contributed by atoms with Crippen molar-refractivity contribution in [2.45, 2.75) is 46.2 Å². The number of benzene rings is 2. The van der Waals surface area contributed by atoms with Crippen molar-refractivity contribution in [2.24, 2.45) is 5.92 Å². The van der Waals surface area contributed by atoms with E-state index in [-0.39, 0.29) is 24.8 Å². The third kappa shape index (κ3) is 7.50. The summed E-state index contributed by atoms with van der Waals surface area (Å²) in [5.41, 5.74) is 0.384. The van der Waals surface area contributed by atoms with E-state index in [0.717, 1.165) is 5.75 Å². The zero-order chi connectivity index (χ0) is 21.9. The molecule has 2 rings (SSSR count). The lowest BCUT2D eigenvalue weighted by Gasteiger charge is -2.29. The van der Waals surface area contributed by atoms with Crippen LogP contribution in [-0.2, 0) is 16.1 Å². The molecule has 0 aliphatic rings. The highest BCUT2D eigenvalue weighted by molar-refractivity contribution is 5.87. The van der Waals surface area contributed by atoms with Crippen molar-refractivity contribution < 1.29 is 18.7 Å². The first-order valence-corrected chi connectivity index (χ1v) is 10.4. The Bertz CT molecular complexity index is 811. The van der Waals surface area contributed by atoms with Gasteiger partial charge in [0.15, 0.2) is 0 Å². The van der Waals surface area contributed by atoms with Gasteiger partial charge in [-0.1, -0.05) is 50.2 Å². The lowest BCUT2D eigenvalue weighted by molar-refractivity contribution is -0.140. The number of para-hydroxylation sites is 1. The summed E-state index contributed by atoms with van der Waals surface area (Å²) in [5, 5.41) is 2.86. The minimum absolute atomic E-state index is 0.0430. The minimum atomic E-state index is -0.703. The molecule has 162 valence electrons. The number of carbonyl (C=O) groups is 2. The van der Waals surface area contributed by atoms with E-state index in [9.17, 15) is 14.0 Å². The molecular formula is C24H31FN2O3. The lowest BCUT2D eigenvalue weighted by Crippen LogP contribution is -2.48. The van der Waals surface area contributed by atoms with Crippen molar-refractivity contribution in [3.05, 3.63) is 66.0 Å². The fourth-order valence-electron chi connectivity index (χ4n) is 2.92. The monoisotopic (exact) mass is 414 g/mol. The molecule has 1 N–H and O–H groups in total. The second-order valence-corrected chi connectivity index (χ2v) is 7.69. The molecule has 0 radical (unpaired) electrons. The number of hydrogen-bond donors (Lipinski definition) is 1. The molecule has 6 heteroatoms.